The molecule has 0 aromatic heterocycles. The topological polar surface area (TPSA) is 78.9 Å². The molecule has 4 rings (SSSR count). The van der Waals surface area contributed by atoms with Gasteiger partial charge in [-0.05, 0) is 30.0 Å². The van der Waals surface area contributed by atoms with Crippen molar-refractivity contribution in [2.75, 3.05) is 0 Å². The number of phosphoric ester groups is 1. The summed E-state index contributed by atoms with van der Waals surface area (Å²) in [5.74, 6) is 0. The van der Waals surface area contributed by atoms with Gasteiger partial charge in [0.15, 0.2) is 0 Å². The van der Waals surface area contributed by atoms with Crippen molar-refractivity contribution < 1.29 is 26.6 Å². The molecule has 3 heterocycles. The van der Waals surface area contributed by atoms with E-state index in [-0.39, 0.29) is 4.90 Å². The van der Waals surface area contributed by atoms with Gasteiger partial charge in [-0.2, -0.15) is 0 Å². The van der Waals surface area contributed by atoms with E-state index < -0.39 is 23.0 Å². The summed E-state index contributed by atoms with van der Waals surface area (Å²) in [6.07, 6.45) is 1.28. The number of rotatable bonds is 4. The molecule has 8 heteroatoms. The maximum absolute atomic E-state index is 12.5. The van der Waals surface area contributed by atoms with E-state index in [1.54, 1.807) is 6.07 Å². The van der Waals surface area contributed by atoms with Crippen LogP contribution in [-0.4, -0.2) is 13.7 Å². The molecule has 0 amide bonds. The van der Waals surface area contributed by atoms with Gasteiger partial charge in [0.05, 0.1) is 4.90 Å². The maximum Gasteiger partial charge on any atom is 0.490 e. The monoisotopic (exact) mass is 304 g/mol. The van der Waals surface area contributed by atoms with Crippen molar-refractivity contribution in [2.24, 2.45) is 0 Å². The van der Waals surface area contributed by atoms with Gasteiger partial charge in [-0.3, -0.25) is 0 Å². The molecule has 3 aliphatic rings. The third-order valence-electron chi connectivity index (χ3n) is 3.25. The van der Waals surface area contributed by atoms with Crippen LogP contribution >= 0.6 is 7.82 Å². The SMILES string of the molecule is CCc1cccc(S(=O)(=O)C23OP(=O)(O2)O3)c1CC. The zero-order valence-electron chi connectivity index (χ0n) is 10.5. The molecule has 1 aromatic carbocycles. The Morgan fingerprint density at radius 1 is 1.16 bits per heavy atom. The van der Waals surface area contributed by atoms with Crippen LogP contribution in [0.2, 0.25) is 0 Å². The van der Waals surface area contributed by atoms with E-state index in [2.05, 4.69) is 0 Å². The summed E-state index contributed by atoms with van der Waals surface area (Å²) in [7, 11) is -7.51. The summed E-state index contributed by atoms with van der Waals surface area (Å²) >= 11 is 0. The normalized spacial score (nSPS) is 32.5. The number of sulfone groups is 1. The Bertz CT molecular complexity index is 669. The van der Waals surface area contributed by atoms with Crippen LogP contribution in [0.3, 0.4) is 0 Å². The highest BCUT2D eigenvalue weighted by Crippen LogP contribution is 2.82. The zero-order chi connectivity index (χ0) is 13.9. The highest BCUT2D eigenvalue weighted by atomic mass is 32.2. The largest absolute Gasteiger partial charge is 0.490 e. The second-order valence-electron chi connectivity index (χ2n) is 4.33. The quantitative estimate of drug-likeness (QED) is 0.795. The average Bonchev–Trinajstić information content (AvgIpc) is 2.32. The molecule has 0 atom stereocenters. The molecular formula is C11H13O6PS. The van der Waals surface area contributed by atoms with Crippen molar-refractivity contribution in [1.29, 1.82) is 0 Å². The van der Waals surface area contributed by atoms with Crippen LogP contribution in [0.15, 0.2) is 23.1 Å². The zero-order valence-corrected chi connectivity index (χ0v) is 12.2. The maximum atomic E-state index is 12.5. The summed E-state index contributed by atoms with van der Waals surface area (Å²) < 4.78 is 50.3. The third kappa shape index (κ3) is 1.60. The van der Waals surface area contributed by atoms with Gasteiger partial charge >= 0.3 is 13.1 Å². The van der Waals surface area contributed by atoms with Crippen LogP contribution in [0.25, 0.3) is 0 Å². The van der Waals surface area contributed by atoms with Gasteiger partial charge in [0.2, 0.25) is 0 Å². The van der Waals surface area contributed by atoms with Crippen molar-refractivity contribution in [3.63, 3.8) is 0 Å². The first-order valence-corrected chi connectivity index (χ1v) is 8.89. The van der Waals surface area contributed by atoms with Crippen LogP contribution in [0, 0.1) is 0 Å². The van der Waals surface area contributed by atoms with Crippen molar-refractivity contribution in [3.8, 4) is 0 Å². The van der Waals surface area contributed by atoms with Crippen molar-refractivity contribution in [1.82, 2.24) is 0 Å². The Morgan fingerprint density at radius 3 is 2.26 bits per heavy atom. The molecule has 6 nitrogen and oxygen atoms in total. The highest BCUT2D eigenvalue weighted by molar-refractivity contribution is 7.94. The van der Waals surface area contributed by atoms with Gasteiger partial charge in [0.1, 0.15) is 0 Å². The molecule has 1 aromatic rings. The number of hydrogen-bond acceptors (Lipinski definition) is 6. The van der Waals surface area contributed by atoms with Gasteiger partial charge in [0.25, 0.3) is 9.84 Å². The first-order chi connectivity index (χ1) is 8.87. The first kappa shape index (κ1) is 13.3. The van der Waals surface area contributed by atoms with Gasteiger partial charge in [0, 0.05) is 0 Å². The Kier molecular flexibility index (Phi) is 2.72. The van der Waals surface area contributed by atoms with Gasteiger partial charge in [-0.25, -0.2) is 26.6 Å². The van der Waals surface area contributed by atoms with E-state index >= 15 is 0 Å². The van der Waals surface area contributed by atoms with Gasteiger partial charge < -0.3 is 0 Å². The van der Waals surface area contributed by atoms with Crippen LogP contribution in [0.5, 0.6) is 0 Å². The second kappa shape index (κ2) is 3.90. The van der Waals surface area contributed by atoms with E-state index in [9.17, 15) is 13.0 Å². The predicted octanol–water partition coefficient (Wildman–Crippen LogP) is 2.38. The Hall–Kier alpha value is -0.720. The Morgan fingerprint density at radius 2 is 1.79 bits per heavy atom. The second-order valence-corrected chi connectivity index (χ2v) is 7.71. The fraction of sp³-hybridized carbons (Fsp3) is 0.455. The lowest BCUT2D eigenvalue weighted by molar-refractivity contribution is -0.370. The molecule has 3 fully saturated rings. The third-order valence-corrected chi connectivity index (χ3v) is 6.89. The highest BCUT2D eigenvalue weighted by Gasteiger charge is 2.82. The number of hydrogen-bond donors (Lipinski definition) is 0. The molecule has 0 unspecified atom stereocenters. The average molecular weight is 304 g/mol. The minimum absolute atomic E-state index is 0.111. The van der Waals surface area contributed by atoms with E-state index in [0.29, 0.717) is 12.0 Å². The predicted molar refractivity (Wildman–Crippen MR) is 66.0 cm³/mol. The lowest BCUT2D eigenvalue weighted by Gasteiger charge is -2.53. The summed E-state index contributed by atoms with van der Waals surface area (Å²) in [5, 5.41) is -2.18. The fourth-order valence-electron chi connectivity index (χ4n) is 2.31. The van der Waals surface area contributed by atoms with Crippen molar-refractivity contribution in [2.45, 2.75) is 36.9 Å². The summed E-state index contributed by atoms with van der Waals surface area (Å²) in [6.45, 7) is 3.83. The van der Waals surface area contributed by atoms with Gasteiger partial charge in [-0.1, -0.05) is 26.0 Å². The molecule has 104 valence electrons. The van der Waals surface area contributed by atoms with Crippen molar-refractivity contribution in [3.05, 3.63) is 29.3 Å². The minimum Gasteiger partial charge on any atom is -0.227 e. The van der Waals surface area contributed by atoms with E-state index in [4.69, 9.17) is 13.6 Å². The molecule has 0 radical (unpaired) electrons. The standard InChI is InChI=1S/C11H13O6PS/c1-3-8-6-5-7-10(9(8)4-2)19(13,14)11-15-18(12,16-11)17-11/h5-7H,3-4H2,1-2H3. The number of benzene rings is 1. The molecule has 0 aliphatic carbocycles. The fourth-order valence-corrected chi connectivity index (χ4v) is 6.30. The van der Waals surface area contributed by atoms with Gasteiger partial charge in [-0.15, -0.1) is 0 Å². The molecule has 2 bridgehead atoms. The summed E-state index contributed by atoms with van der Waals surface area (Å²) in [4.78, 5) is 0.111. The molecule has 3 saturated heterocycles. The Labute approximate surface area is 111 Å². The molecule has 0 N–H and O–H groups in total. The van der Waals surface area contributed by atoms with Crippen LogP contribution < -0.4 is 0 Å². The van der Waals surface area contributed by atoms with Crippen LogP contribution in [-0.2, 0) is 40.8 Å². The first-order valence-electron chi connectivity index (χ1n) is 5.95. The van der Waals surface area contributed by atoms with Crippen LogP contribution in [0.4, 0.5) is 0 Å². The summed E-state index contributed by atoms with van der Waals surface area (Å²) in [5.41, 5.74) is 1.66. The van der Waals surface area contributed by atoms with Crippen LogP contribution in [0.1, 0.15) is 25.0 Å². The molecule has 3 aliphatic heterocycles. The lowest BCUT2D eigenvalue weighted by atomic mass is 10.0. The smallest absolute Gasteiger partial charge is 0.227 e. The minimum atomic E-state index is -3.99. The molecular weight excluding hydrogens is 291 g/mol. The molecule has 0 saturated carbocycles. The van der Waals surface area contributed by atoms with E-state index in [0.717, 1.165) is 12.0 Å². The number of phosphoric acid groups is 1. The number of aryl methyl sites for hydroxylation is 1. The van der Waals surface area contributed by atoms with Crippen molar-refractivity contribution >= 4 is 17.7 Å². The lowest BCUT2D eigenvalue weighted by Crippen LogP contribution is -2.62. The Balaban J connectivity index is 2.10. The van der Waals surface area contributed by atoms with E-state index in [1.165, 1.54) is 6.07 Å². The molecule has 0 spiro atoms. The molecule has 19 heavy (non-hydrogen) atoms. The van der Waals surface area contributed by atoms with E-state index in [1.807, 2.05) is 19.9 Å². The summed E-state index contributed by atoms with van der Waals surface area (Å²) in [6, 6.07) is 5.03.